The zero-order valence-electron chi connectivity index (χ0n) is 12.8. The van der Waals surface area contributed by atoms with Crippen molar-refractivity contribution >= 4 is 12.1 Å². The molecule has 20 heavy (non-hydrogen) atoms. The largest absolute Gasteiger partial charge is 0.466 e. The molecule has 0 N–H and O–H groups in total. The Kier molecular flexibility index (Phi) is 4.25. The Morgan fingerprint density at radius 3 is 2.60 bits per heavy atom. The van der Waals surface area contributed by atoms with Gasteiger partial charge in [-0.2, -0.15) is 0 Å². The molecule has 0 aromatic carbocycles. The van der Waals surface area contributed by atoms with E-state index in [9.17, 15) is 9.59 Å². The van der Waals surface area contributed by atoms with Crippen molar-refractivity contribution in [2.75, 3.05) is 13.2 Å². The van der Waals surface area contributed by atoms with Gasteiger partial charge in [-0.15, -0.1) is 0 Å². The first-order valence-corrected chi connectivity index (χ1v) is 7.47. The van der Waals surface area contributed by atoms with Crippen LogP contribution in [0.4, 0.5) is 4.79 Å². The fourth-order valence-corrected chi connectivity index (χ4v) is 2.97. The molecule has 1 heterocycles. The molecule has 0 bridgehead atoms. The van der Waals surface area contributed by atoms with E-state index in [0.717, 1.165) is 6.54 Å². The van der Waals surface area contributed by atoms with E-state index in [1.54, 1.807) is 6.92 Å². The summed E-state index contributed by atoms with van der Waals surface area (Å²) in [5.74, 6) is 0.979. The minimum Gasteiger partial charge on any atom is -0.466 e. The van der Waals surface area contributed by atoms with Crippen molar-refractivity contribution in [2.45, 2.75) is 58.6 Å². The van der Waals surface area contributed by atoms with Gasteiger partial charge in [-0.05, 0) is 52.4 Å². The molecule has 2 aliphatic rings. The highest BCUT2D eigenvalue weighted by atomic mass is 16.6. The molecule has 5 heteroatoms. The van der Waals surface area contributed by atoms with Crippen LogP contribution in [0.15, 0.2) is 0 Å². The molecule has 1 saturated heterocycles. The van der Waals surface area contributed by atoms with Crippen molar-refractivity contribution in [3.63, 3.8) is 0 Å². The van der Waals surface area contributed by atoms with Crippen molar-refractivity contribution in [1.82, 2.24) is 4.90 Å². The molecule has 2 rings (SSSR count). The fraction of sp³-hybridized carbons (Fsp3) is 0.867. The van der Waals surface area contributed by atoms with Crippen molar-refractivity contribution in [2.24, 2.45) is 11.8 Å². The summed E-state index contributed by atoms with van der Waals surface area (Å²) in [7, 11) is 0. The third kappa shape index (κ3) is 3.64. The maximum Gasteiger partial charge on any atom is 0.410 e. The standard InChI is InChI=1S/C15H25NO4/c1-5-19-13(17)7-6-12-11-8-10(11)9-16(12)14(18)20-15(2,3)4/h10-12H,5-9H2,1-4H3/t10-,11-,12-/m1/s1. The number of esters is 1. The van der Waals surface area contributed by atoms with Gasteiger partial charge >= 0.3 is 12.1 Å². The van der Waals surface area contributed by atoms with E-state index >= 15 is 0 Å². The first-order valence-electron chi connectivity index (χ1n) is 7.47. The second-order valence-electron chi connectivity index (χ2n) is 6.70. The van der Waals surface area contributed by atoms with Gasteiger partial charge in [-0.1, -0.05) is 0 Å². The van der Waals surface area contributed by atoms with E-state index in [0.29, 0.717) is 31.3 Å². The molecular weight excluding hydrogens is 258 g/mol. The predicted octanol–water partition coefficient (Wildman–Crippen LogP) is 2.59. The van der Waals surface area contributed by atoms with Crippen LogP contribution in [-0.2, 0) is 14.3 Å². The van der Waals surface area contributed by atoms with Crippen LogP contribution in [0, 0.1) is 11.8 Å². The van der Waals surface area contributed by atoms with Crippen LogP contribution in [0.2, 0.25) is 0 Å². The van der Waals surface area contributed by atoms with Crippen LogP contribution in [-0.4, -0.2) is 41.8 Å². The van der Waals surface area contributed by atoms with Gasteiger partial charge in [0.2, 0.25) is 0 Å². The van der Waals surface area contributed by atoms with Crippen LogP contribution in [0.1, 0.15) is 47.0 Å². The number of rotatable bonds is 4. The summed E-state index contributed by atoms with van der Waals surface area (Å²) in [6, 6.07) is 0.138. The lowest BCUT2D eigenvalue weighted by Gasteiger charge is -2.30. The van der Waals surface area contributed by atoms with Crippen LogP contribution in [0.25, 0.3) is 0 Å². The van der Waals surface area contributed by atoms with E-state index in [-0.39, 0.29) is 18.1 Å². The Bertz CT molecular complexity index is 388. The Morgan fingerprint density at radius 1 is 1.30 bits per heavy atom. The average molecular weight is 283 g/mol. The summed E-state index contributed by atoms with van der Waals surface area (Å²) in [6.45, 7) is 8.59. The van der Waals surface area contributed by atoms with Crippen LogP contribution >= 0.6 is 0 Å². The molecule has 3 atom stereocenters. The summed E-state index contributed by atoms with van der Waals surface area (Å²) in [5, 5.41) is 0. The number of likely N-dealkylation sites (tertiary alicyclic amines) is 1. The van der Waals surface area contributed by atoms with Gasteiger partial charge < -0.3 is 14.4 Å². The number of hydrogen-bond acceptors (Lipinski definition) is 4. The van der Waals surface area contributed by atoms with Crippen molar-refractivity contribution < 1.29 is 19.1 Å². The first-order chi connectivity index (χ1) is 9.31. The molecule has 5 nitrogen and oxygen atoms in total. The molecule has 0 aromatic heterocycles. The third-order valence-corrected chi connectivity index (χ3v) is 3.88. The van der Waals surface area contributed by atoms with E-state index in [1.807, 2.05) is 25.7 Å². The van der Waals surface area contributed by atoms with Crippen molar-refractivity contribution in [3.05, 3.63) is 0 Å². The van der Waals surface area contributed by atoms with Crippen LogP contribution in [0.3, 0.4) is 0 Å². The maximum absolute atomic E-state index is 12.2. The molecular formula is C15H25NO4. The average Bonchev–Trinajstić information content (AvgIpc) is 2.98. The molecule has 0 unspecified atom stereocenters. The summed E-state index contributed by atoms with van der Waals surface area (Å²) >= 11 is 0. The normalized spacial score (nSPS) is 28.0. The van der Waals surface area contributed by atoms with Crippen LogP contribution in [0.5, 0.6) is 0 Å². The van der Waals surface area contributed by atoms with Crippen molar-refractivity contribution in [3.8, 4) is 0 Å². The first kappa shape index (κ1) is 15.1. The summed E-state index contributed by atoms with van der Waals surface area (Å²) in [5.41, 5.74) is -0.477. The van der Waals surface area contributed by atoms with E-state index < -0.39 is 5.60 Å². The van der Waals surface area contributed by atoms with Gasteiger partial charge in [-0.25, -0.2) is 4.79 Å². The predicted molar refractivity (Wildman–Crippen MR) is 74.2 cm³/mol. The van der Waals surface area contributed by atoms with Gasteiger partial charge in [0.05, 0.1) is 6.61 Å². The highest BCUT2D eigenvalue weighted by Crippen LogP contribution is 2.51. The molecule has 2 fully saturated rings. The minimum absolute atomic E-state index is 0.138. The second kappa shape index (κ2) is 5.62. The van der Waals surface area contributed by atoms with Gasteiger partial charge in [0.1, 0.15) is 5.60 Å². The zero-order valence-corrected chi connectivity index (χ0v) is 12.8. The number of hydrogen-bond donors (Lipinski definition) is 0. The molecule has 1 amide bonds. The lowest BCUT2D eigenvalue weighted by atomic mass is 10.1. The van der Waals surface area contributed by atoms with E-state index in [2.05, 4.69) is 0 Å². The summed E-state index contributed by atoms with van der Waals surface area (Å²) < 4.78 is 10.4. The summed E-state index contributed by atoms with van der Waals surface area (Å²) in [6.07, 6.45) is 1.98. The highest BCUT2D eigenvalue weighted by molar-refractivity contribution is 5.71. The Balaban J connectivity index is 1.89. The Hall–Kier alpha value is -1.26. The van der Waals surface area contributed by atoms with Gasteiger partial charge in [0.15, 0.2) is 0 Å². The monoisotopic (exact) mass is 283 g/mol. The summed E-state index contributed by atoms with van der Waals surface area (Å²) in [4.78, 5) is 25.5. The lowest BCUT2D eigenvalue weighted by molar-refractivity contribution is -0.143. The number of fused-ring (bicyclic) bond motifs is 1. The number of carbonyl (C=O) groups is 2. The molecule has 1 aliphatic heterocycles. The molecule has 0 aromatic rings. The SMILES string of the molecule is CCOC(=O)CC[C@@H]1[C@@H]2C[C@@H]2CN1C(=O)OC(C)(C)C. The topological polar surface area (TPSA) is 55.8 Å². The molecule has 0 spiro atoms. The number of carbonyl (C=O) groups excluding carboxylic acids is 2. The quantitative estimate of drug-likeness (QED) is 0.744. The van der Waals surface area contributed by atoms with Crippen LogP contribution < -0.4 is 0 Å². The highest BCUT2D eigenvalue weighted by Gasteiger charge is 2.54. The zero-order chi connectivity index (χ0) is 14.9. The number of piperidine rings is 1. The second-order valence-corrected chi connectivity index (χ2v) is 6.70. The molecule has 0 radical (unpaired) electrons. The van der Waals surface area contributed by atoms with Gasteiger partial charge in [0, 0.05) is 19.0 Å². The number of amides is 1. The Labute approximate surface area is 120 Å². The number of nitrogens with zero attached hydrogens (tertiary/aromatic N) is 1. The molecule has 1 aliphatic carbocycles. The lowest BCUT2D eigenvalue weighted by Crippen LogP contribution is -2.42. The molecule has 1 saturated carbocycles. The maximum atomic E-state index is 12.2. The van der Waals surface area contributed by atoms with Gasteiger partial charge in [0.25, 0.3) is 0 Å². The van der Waals surface area contributed by atoms with E-state index in [4.69, 9.17) is 9.47 Å². The number of ether oxygens (including phenoxy) is 2. The fourth-order valence-electron chi connectivity index (χ4n) is 2.97. The third-order valence-electron chi connectivity index (χ3n) is 3.88. The van der Waals surface area contributed by atoms with E-state index in [1.165, 1.54) is 6.42 Å². The molecule has 114 valence electrons. The Morgan fingerprint density at radius 2 is 2.00 bits per heavy atom. The smallest absolute Gasteiger partial charge is 0.410 e. The minimum atomic E-state index is -0.477. The van der Waals surface area contributed by atoms with Gasteiger partial charge in [-0.3, -0.25) is 4.79 Å². The van der Waals surface area contributed by atoms with Crippen molar-refractivity contribution in [1.29, 1.82) is 0 Å².